The second-order valence-corrected chi connectivity index (χ2v) is 5.05. The summed E-state index contributed by atoms with van der Waals surface area (Å²) in [5.41, 5.74) is 1.30. The molecule has 1 aliphatic rings. The van der Waals surface area contributed by atoms with E-state index < -0.39 is 0 Å². The van der Waals surface area contributed by atoms with E-state index in [0.717, 1.165) is 0 Å². The van der Waals surface area contributed by atoms with E-state index in [9.17, 15) is 4.79 Å². The predicted octanol–water partition coefficient (Wildman–Crippen LogP) is 0.465. The number of hydrogen-bond donors (Lipinski definition) is 1. The van der Waals surface area contributed by atoms with Gasteiger partial charge in [0.05, 0.1) is 24.9 Å². The topological polar surface area (TPSA) is 85.2 Å². The number of carbonyl (C=O) groups excluding carboxylic acids is 1. The number of hydrogen-bond acceptors (Lipinski definition) is 6. The lowest BCUT2D eigenvalue weighted by Gasteiger charge is -2.32. The van der Waals surface area contributed by atoms with Crippen LogP contribution in [0.2, 0.25) is 0 Å². The Morgan fingerprint density at radius 3 is 2.95 bits per heavy atom. The Labute approximate surface area is 128 Å². The van der Waals surface area contributed by atoms with Crippen molar-refractivity contribution in [2.45, 2.75) is 6.10 Å². The molecule has 2 aromatic rings. The zero-order chi connectivity index (χ0) is 15.5. The number of anilines is 1. The minimum Gasteiger partial charge on any atom is -0.372 e. The summed E-state index contributed by atoms with van der Waals surface area (Å²) in [7, 11) is 3.58. The number of morpholine rings is 1. The minimum absolute atomic E-state index is 0.0451. The molecule has 1 atom stereocenters. The van der Waals surface area contributed by atoms with E-state index in [1.807, 2.05) is 0 Å². The van der Waals surface area contributed by atoms with Crippen LogP contribution in [0.1, 0.15) is 22.2 Å². The van der Waals surface area contributed by atoms with E-state index in [2.05, 4.69) is 20.4 Å². The van der Waals surface area contributed by atoms with Crippen molar-refractivity contribution in [1.82, 2.24) is 24.6 Å². The molecule has 0 saturated carbocycles. The smallest absolute Gasteiger partial charge is 0.257 e. The van der Waals surface area contributed by atoms with Gasteiger partial charge in [-0.15, -0.1) is 0 Å². The number of nitrogens with zero attached hydrogens (tertiary/aromatic N) is 5. The van der Waals surface area contributed by atoms with Crippen LogP contribution < -0.4 is 5.32 Å². The van der Waals surface area contributed by atoms with Crippen LogP contribution in [0.25, 0.3) is 0 Å². The zero-order valence-corrected chi connectivity index (χ0v) is 12.6. The van der Waals surface area contributed by atoms with Gasteiger partial charge < -0.3 is 15.0 Å². The summed E-state index contributed by atoms with van der Waals surface area (Å²) in [6.45, 7) is 1.47. The van der Waals surface area contributed by atoms with E-state index in [4.69, 9.17) is 4.74 Å². The summed E-state index contributed by atoms with van der Waals surface area (Å²) in [4.78, 5) is 22.8. The zero-order valence-electron chi connectivity index (χ0n) is 12.6. The summed E-state index contributed by atoms with van der Waals surface area (Å²) in [6.07, 6.45) is 6.26. The monoisotopic (exact) mass is 302 g/mol. The quantitative estimate of drug-likeness (QED) is 0.887. The van der Waals surface area contributed by atoms with Gasteiger partial charge in [-0.05, 0) is 0 Å². The second-order valence-electron chi connectivity index (χ2n) is 5.05. The van der Waals surface area contributed by atoms with Crippen molar-refractivity contribution in [3.63, 3.8) is 0 Å². The maximum Gasteiger partial charge on any atom is 0.257 e. The largest absolute Gasteiger partial charge is 0.372 e. The third-order valence-corrected chi connectivity index (χ3v) is 3.57. The Morgan fingerprint density at radius 2 is 2.23 bits per heavy atom. The van der Waals surface area contributed by atoms with E-state index in [-0.39, 0.29) is 12.0 Å². The van der Waals surface area contributed by atoms with Gasteiger partial charge in [0.25, 0.3) is 5.91 Å². The number of amides is 1. The van der Waals surface area contributed by atoms with Gasteiger partial charge in [-0.3, -0.25) is 14.5 Å². The average molecular weight is 302 g/mol. The van der Waals surface area contributed by atoms with Crippen LogP contribution in [0.5, 0.6) is 0 Å². The molecule has 0 spiro atoms. The van der Waals surface area contributed by atoms with Gasteiger partial charge in [0, 0.05) is 39.2 Å². The highest BCUT2D eigenvalue weighted by Gasteiger charge is 2.29. The summed E-state index contributed by atoms with van der Waals surface area (Å²) < 4.78 is 7.39. The van der Waals surface area contributed by atoms with E-state index in [0.29, 0.717) is 36.8 Å². The number of ether oxygens (including phenoxy) is 1. The predicted molar refractivity (Wildman–Crippen MR) is 79.4 cm³/mol. The van der Waals surface area contributed by atoms with Crippen molar-refractivity contribution in [2.75, 3.05) is 32.1 Å². The molecule has 2 aromatic heterocycles. The molecule has 116 valence electrons. The van der Waals surface area contributed by atoms with Crippen molar-refractivity contribution in [1.29, 1.82) is 0 Å². The molecule has 3 rings (SSSR count). The average Bonchev–Trinajstić information content (AvgIpc) is 3.00. The number of aryl methyl sites for hydroxylation is 1. The Kier molecular flexibility index (Phi) is 4.01. The molecule has 0 aromatic carbocycles. The molecular weight excluding hydrogens is 284 g/mol. The minimum atomic E-state index is -0.287. The standard InChI is InChI=1S/C14H18N6O2/c1-15-13-12(16-3-4-17-13)11-9-20(5-6-22-11)14(21)10-7-18-19(2)8-10/h3-4,7-8,11H,5-6,9H2,1-2H3,(H,15,17)/t11-/m0/s1. The molecule has 0 bridgehead atoms. The Hall–Kier alpha value is -2.48. The normalized spacial score (nSPS) is 18.3. The van der Waals surface area contributed by atoms with Gasteiger partial charge in [0.1, 0.15) is 17.6 Å². The highest BCUT2D eigenvalue weighted by molar-refractivity contribution is 5.93. The molecule has 0 radical (unpaired) electrons. The number of aromatic nitrogens is 4. The molecule has 1 saturated heterocycles. The van der Waals surface area contributed by atoms with Crippen LogP contribution in [-0.4, -0.2) is 57.3 Å². The number of nitrogens with one attached hydrogen (secondary N) is 1. The van der Waals surface area contributed by atoms with Gasteiger partial charge in [0.15, 0.2) is 0 Å². The molecule has 1 amide bonds. The Bertz CT molecular complexity index is 671. The highest BCUT2D eigenvalue weighted by Crippen LogP contribution is 2.25. The third-order valence-electron chi connectivity index (χ3n) is 3.57. The van der Waals surface area contributed by atoms with E-state index in [1.54, 1.807) is 48.5 Å². The fourth-order valence-corrected chi connectivity index (χ4v) is 2.49. The van der Waals surface area contributed by atoms with Crippen LogP contribution in [-0.2, 0) is 11.8 Å². The molecule has 3 heterocycles. The molecule has 8 heteroatoms. The third kappa shape index (κ3) is 2.77. The summed E-state index contributed by atoms with van der Waals surface area (Å²) in [5, 5.41) is 7.04. The van der Waals surface area contributed by atoms with Crippen LogP contribution in [0.3, 0.4) is 0 Å². The number of rotatable bonds is 3. The second kappa shape index (κ2) is 6.10. The van der Waals surface area contributed by atoms with Crippen molar-refractivity contribution in [2.24, 2.45) is 7.05 Å². The molecule has 22 heavy (non-hydrogen) atoms. The van der Waals surface area contributed by atoms with Gasteiger partial charge in [0.2, 0.25) is 0 Å². The van der Waals surface area contributed by atoms with Crippen molar-refractivity contribution < 1.29 is 9.53 Å². The first-order valence-corrected chi connectivity index (χ1v) is 7.07. The van der Waals surface area contributed by atoms with Crippen molar-refractivity contribution >= 4 is 11.7 Å². The molecule has 0 aliphatic carbocycles. The van der Waals surface area contributed by atoms with Crippen LogP contribution in [0.4, 0.5) is 5.82 Å². The van der Waals surface area contributed by atoms with Gasteiger partial charge >= 0.3 is 0 Å². The Morgan fingerprint density at radius 1 is 1.41 bits per heavy atom. The van der Waals surface area contributed by atoms with Crippen molar-refractivity contribution in [3.8, 4) is 0 Å². The van der Waals surface area contributed by atoms with E-state index >= 15 is 0 Å². The molecule has 0 unspecified atom stereocenters. The fraction of sp³-hybridized carbons (Fsp3) is 0.429. The lowest BCUT2D eigenvalue weighted by atomic mass is 10.1. The highest BCUT2D eigenvalue weighted by atomic mass is 16.5. The molecule has 8 nitrogen and oxygen atoms in total. The maximum absolute atomic E-state index is 12.5. The molecule has 1 N–H and O–H groups in total. The van der Waals surface area contributed by atoms with Crippen LogP contribution in [0, 0.1) is 0 Å². The summed E-state index contributed by atoms with van der Waals surface area (Å²) in [6, 6.07) is 0. The lowest BCUT2D eigenvalue weighted by Crippen LogP contribution is -2.42. The summed E-state index contributed by atoms with van der Waals surface area (Å²) >= 11 is 0. The molecule has 1 fully saturated rings. The maximum atomic E-state index is 12.5. The Balaban J connectivity index is 1.78. The lowest BCUT2D eigenvalue weighted by molar-refractivity contribution is -0.0245. The van der Waals surface area contributed by atoms with E-state index in [1.165, 1.54) is 0 Å². The van der Waals surface area contributed by atoms with Gasteiger partial charge in [-0.1, -0.05) is 0 Å². The van der Waals surface area contributed by atoms with Crippen LogP contribution >= 0.6 is 0 Å². The van der Waals surface area contributed by atoms with Gasteiger partial charge in [-0.25, -0.2) is 4.98 Å². The van der Waals surface area contributed by atoms with Crippen molar-refractivity contribution in [3.05, 3.63) is 36.0 Å². The van der Waals surface area contributed by atoms with Crippen LogP contribution in [0.15, 0.2) is 24.8 Å². The first kappa shape index (κ1) is 14.5. The molecule has 1 aliphatic heterocycles. The first-order valence-electron chi connectivity index (χ1n) is 7.07. The fourth-order valence-electron chi connectivity index (χ4n) is 2.49. The SMILES string of the molecule is CNc1nccnc1[C@@H]1CN(C(=O)c2cnn(C)c2)CCO1. The molecular formula is C14H18N6O2. The van der Waals surface area contributed by atoms with Gasteiger partial charge in [-0.2, -0.15) is 5.10 Å². The number of carbonyl (C=O) groups is 1. The summed E-state index contributed by atoms with van der Waals surface area (Å²) in [5.74, 6) is 0.625. The first-order chi connectivity index (χ1) is 10.7.